The predicted octanol–water partition coefficient (Wildman–Crippen LogP) is 4.48. The van der Waals surface area contributed by atoms with Crippen molar-refractivity contribution in [1.29, 1.82) is 0 Å². The van der Waals surface area contributed by atoms with Crippen LogP contribution in [0.5, 0.6) is 0 Å². The Morgan fingerprint density at radius 3 is 2.33 bits per heavy atom. The molecule has 21 heavy (non-hydrogen) atoms. The van der Waals surface area contributed by atoms with Crippen LogP contribution in [0.4, 0.5) is 0 Å². The highest BCUT2D eigenvalue weighted by atomic mass is 32.2. The van der Waals surface area contributed by atoms with Crippen molar-refractivity contribution in [2.24, 2.45) is 23.2 Å². The molecular weight excluding hydrogens is 278 g/mol. The van der Waals surface area contributed by atoms with Crippen molar-refractivity contribution in [2.45, 2.75) is 56.4 Å². The topological polar surface area (TPSA) is 25.2 Å². The Labute approximate surface area is 132 Å². The van der Waals surface area contributed by atoms with Gasteiger partial charge in [-0.2, -0.15) is 0 Å². The molecule has 0 radical (unpaired) electrons. The van der Waals surface area contributed by atoms with Crippen LogP contribution in [0.1, 0.15) is 44.3 Å². The molecule has 1 atom stereocenters. The Morgan fingerprint density at radius 1 is 1.24 bits per heavy atom. The Bertz CT molecular complexity index is 474. The van der Waals surface area contributed by atoms with Crippen molar-refractivity contribution < 1.29 is 4.42 Å². The van der Waals surface area contributed by atoms with Crippen LogP contribution in [-0.4, -0.2) is 18.8 Å². The molecule has 116 valence electrons. The van der Waals surface area contributed by atoms with Gasteiger partial charge in [0.1, 0.15) is 5.76 Å². The second-order valence-electron chi connectivity index (χ2n) is 7.77. The van der Waals surface area contributed by atoms with Gasteiger partial charge >= 0.3 is 0 Å². The fourth-order valence-corrected chi connectivity index (χ4v) is 7.14. The first-order chi connectivity index (χ1) is 10.2. The molecule has 4 bridgehead atoms. The SMILES string of the molecule is CNC(CSc1ccoc1C)C12CC3CC(CC(C3)C1)C2. The van der Waals surface area contributed by atoms with Gasteiger partial charge in [-0.25, -0.2) is 0 Å². The van der Waals surface area contributed by atoms with Gasteiger partial charge in [0.2, 0.25) is 0 Å². The van der Waals surface area contributed by atoms with Gasteiger partial charge in [-0.05, 0) is 81.7 Å². The van der Waals surface area contributed by atoms with Crippen molar-refractivity contribution in [3.8, 4) is 0 Å². The van der Waals surface area contributed by atoms with Gasteiger partial charge in [-0.3, -0.25) is 0 Å². The first kappa shape index (κ1) is 14.2. The molecule has 0 aromatic carbocycles. The summed E-state index contributed by atoms with van der Waals surface area (Å²) in [4.78, 5) is 1.32. The lowest BCUT2D eigenvalue weighted by Crippen LogP contribution is -2.56. The van der Waals surface area contributed by atoms with Gasteiger partial charge in [-0.1, -0.05) is 0 Å². The van der Waals surface area contributed by atoms with Crippen molar-refractivity contribution in [3.63, 3.8) is 0 Å². The number of furan rings is 1. The van der Waals surface area contributed by atoms with Crippen molar-refractivity contribution >= 4 is 11.8 Å². The maximum absolute atomic E-state index is 5.44. The molecular formula is C18H27NOS. The zero-order valence-corrected chi connectivity index (χ0v) is 14.0. The maximum Gasteiger partial charge on any atom is 0.114 e. The predicted molar refractivity (Wildman–Crippen MR) is 87.6 cm³/mol. The Morgan fingerprint density at radius 2 is 1.86 bits per heavy atom. The molecule has 4 aliphatic rings. The third kappa shape index (κ3) is 2.46. The first-order valence-electron chi connectivity index (χ1n) is 8.53. The molecule has 1 unspecified atom stereocenters. The minimum absolute atomic E-state index is 0.591. The minimum atomic E-state index is 0.591. The summed E-state index contributed by atoms with van der Waals surface area (Å²) in [6.45, 7) is 2.07. The van der Waals surface area contributed by atoms with E-state index in [1.807, 2.05) is 18.0 Å². The van der Waals surface area contributed by atoms with Crippen molar-refractivity contribution in [1.82, 2.24) is 5.32 Å². The zero-order valence-electron chi connectivity index (χ0n) is 13.2. The molecule has 2 nitrogen and oxygen atoms in total. The standard InChI is InChI=1S/C18H27NOS/c1-12-16(3-4-20-12)21-11-17(19-2)18-8-13-5-14(9-18)7-15(6-13)10-18/h3-4,13-15,17,19H,5-11H2,1-2H3. The average Bonchev–Trinajstić information content (AvgIpc) is 2.83. The van der Waals surface area contributed by atoms with Crippen LogP contribution in [0.2, 0.25) is 0 Å². The van der Waals surface area contributed by atoms with Gasteiger partial charge in [-0.15, -0.1) is 11.8 Å². The number of rotatable bonds is 5. The number of thioether (sulfide) groups is 1. The highest BCUT2D eigenvalue weighted by Crippen LogP contribution is 2.61. The fraction of sp³-hybridized carbons (Fsp3) is 0.778. The highest BCUT2D eigenvalue weighted by molar-refractivity contribution is 7.99. The van der Waals surface area contributed by atoms with E-state index in [1.165, 1.54) is 49.2 Å². The maximum atomic E-state index is 5.44. The van der Waals surface area contributed by atoms with E-state index in [9.17, 15) is 0 Å². The normalized spacial score (nSPS) is 38.9. The number of hydrogen-bond donors (Lipinski definition) is 1. The lowest BCUT2D eigenvalue weighted by Gasteiger charge is -2.59. The summed E-state index contributed by atoms with van der Waals surface area (Å²) < 4.78 is 5.44. The quantitative estimate of drug-likeness (QED) is 0.812. The molecule has 5 rings (SSSR count). The van der Waals surface area contributed by atoms with Crippen LogP contribution >= 0.6 is 11.8 Å². The molecule has 1 N–H and O–H groups in total. The van der Waals surface area contributed by atoms with Gasteiger partial charge in [0.15, 0.2) is 0 Å². The second kappa shape index (κ2) is 5.34. The van der Waals surface area contributed by atoms with E-state index < -0.39 is 0 Å². The summed E-state index contributed by atoms with van der Waals surface area (Å²) in [7, 11) is 2.17. The van der Waals surface area contributed by atoms with E-state index in [-0.39, 0.29) is 0 Å². The average molecular weight is 305 g/mol. The Kier molecular flexibility index (Phi) is 3.61. The van der Waals surface area contributed by atoms with Crippen LogP contribution in [-0.2, 0) is 0 Å². The largest absolute Gasteiger partial charge is 0.468 e. The number of aryl methyl sites for hydroxylation is 1. The molecule has 4 aliphatic carbocycles. The molecule has 0 saturated heterocycles. The lowest BCUT2D eigenvalue weighted by atomic mass is 9.48. The highest BCUT2D eigenvalue weighted by Gasteiger charge is 2.53. The Hall–Kier alpha value is -0.410. The van der Waals surface area contributed by atoms with E-state index in [0.29, 0.717) is 11.5 Å². The molecule has 1 aromatic rings. The second-order valence-corrected chi connectivity index (χ2v) is 8.84. The van der Waals surface area contributed by atoms with Crippen LogP contribution in [0.3, 0.4) is 0 Å². The van der Waals surface area contributed by atoms with E-state index in [0.717, 1.165) is 23.5 Å². The van der Waals surface area contributed by atoms with E-state index in [1.54, 1.807) is 0 Å². The summed E-state index contributed by atoms with van der Waals surface area (Å²) >= 11 is 1.98. The monoisotopic (exact) mass is 305 g/mol. The smallest absolute Gasteiger partial charge is 0.114 e. The van der Waals surface area contributed by atoms with Crippen molar-refractivity contribution in [2.75, 3.05) is 12.8 Å². The van der Waals surface area contributed by atoms with E-state index in [4.69, 9.17) is 4.42 Å². The third-order valence-corrected chi connectivity index (χ3v) is 7.62. The van der Waals surface area contributed by atoms with Crippen LogP contribution in [0.25, 0.3) is 0 Å². The van der Waals surface area contributed by atoms with Crippen LogP contribution in [0.15, 0.2) is 21.6 Å². The number of hydrogen-bond acceptors (Lipinski definition) is 3. The zero-order chi connectivity index (χ0) is 14.4. The summed E-state index contributed by atoms with van der Waals surface area (Å²) in [6.07, 6.45) is 10.9. The van der Waals surface area contributed by atoms with Gasteiger partial charge < -0.3 is 9.73 Å². The fourth-order valence-electron chi connectivity index (χ4n) is 5.87. The van der Waals surface area contributed by atoms with Crippen molar-refractivity contribution in [3.05, 3.63) is 18.1 Å². The summed E-state index contributed by atoms with van der Waals surface area (Å²) in [5, 5.41) is 3.69. The first-order valence-corrected chi connectivity index (χ1v) is 9.51. The summed E-state index contributed by atoms with van der Waals surface area (Å²) in [5.74, 6) is 5.36. The molecule has 4 fully saturated rings. The van der Waals surface area contributed by atoms with Crippen LogP contribution in [0, 0.1) is 30.1 Å². The molecule has 0 spiro atoms. The van der Waals surface area contributed by atoms with Gasteiger partial charge in [0.25, 0.3) is 0 Å². The Balaban J connectivity index is 1.49. The summed E-state index contributed by atoms with van der Waals surface area (Å²) in [6, 6.07) is 2.78. The minimum Gasteiger partial charge on any atom is -0.468 e. The molecule has 1 aromatic heterocycles. The van der Waals surface area contributed by atoms with E-state index in [2.05, 4.69) is 25.4 Å². The van der Waals surface area contributed by atoms with Gasteiger partial charge in [0, 0.05) is 16.7 Å². The molecule has 0 amide bonds. The third-order valence-electron chi connectivity index (χ3n) is 6.39. The molecule has 3 heteroatoms. The molecule has 0 aliphatic heterocycles. The number of nitrogens with one attached hydrogen (secondary N) is 1. The molecule has 1 heterocycles. The molecule has 4 saturated carbocycles. The summed E-state index contributed by atoms with van der Waals surface area (Å²) in [5.41, 5.74) is 0.591. The lowest BCUT2D eigenvalue weighted by molar-refractivity contribution is -0.0682. The van der Waals surface area contributed by atoms with E-state index >= 15 is 0 Å². The van der Waals surface area contributed by atoms with Crippen LogP contribution < -0.4 is 5.32 Å². The van der Waals surface area contributed by atoms with Gasteiger partial charge in [0.05, 0.1) is 6.26 Å².